The molecule has 3 rings (SSSR count). The monoisotopic (exact) mass is 395 g/mol. The van der Waals surface area contributed by atoms with Crippen LogP contribution in [0.5, 0.6) is 5.75 Å². The lowest BCUT2D eigenvalue weighted by atomic mass is 9.83. The zero-order chi connectivity index (χ0) is 20.8. The minimum atomic E-state index is -0.356. The van der Waals surface area contributed by atoms with Crippen LogP contribution in [0, 0.1) is 11.8 Å². The molecule has 0 bridgehead atoms. The maximum atomic E-state index is 13.3. The Morgan fingerprint density at radius 1 is 1.28 bits per heavy atom. The van der Waals surface area contributed by atoms with E-state index < -0.39 is 0 Å². The first-order valence-corrected chi connectivity index (χ1v) is 10.2. The number of ether oxygens (including phenoxy) is 1. The van der Waals surface area contributed by atoms with Gasteiger partial charge in [-0.15, -0.1) is 0 Å². The number of piperidine rings is 1. The van der Waals surface area contributed by atoms with Gasteiger partial charge in [0, 0.05) is 25.4 Å². The second kappa shape index (κ2) is 9.54. The number of aromatic nitrogens is 1. The molecule has 2 aromatic rings. The fourth-order valence-electron chi connectivity index (χ4n) is 3.88. The summed E-state index contributed by atoms with van der Waals surface area (Å²) in [7, 11) is 0. The number of carbonyl (C=O) groups is 2. The summed E-state index contributed by atoms with van der Waals surface area (Å²) >= 11 is 0. The second-order valence-corrected chi connectivity index (χ2v) is 7.73. The van der Waals surface area contributed by atoms with E-state index in [0.717, 1.165) is 5.56 Å². The third kappa shape index (κ3) is 4.94. The van der Waals surface area contributed by atoms with Crippen LogP contribution in [0.4, 0.5) is 5.69 Å². The molecule has 2 amide bonds. The predicted octanol–water partition coefficient (Wildman–Crippen LogP) is 4.05. The SMILES string of the molecule is CCOc1ccccc1NC(=O)[C@@H]1CCC(=O)N(CC(C)C)[C@H]1c1cccnc1. The molecule has 6 heteroatoms. The maximum absolute atomic E-state index is 13.3. The molecule has 1 aromatic heterocycles. The molecule has 0 aliphatic carbocycles. The Bertz CT molecular complexity index is 838. The van der Waals surface area contributed by atoms with Gasteiger partial charge in [-0.1, -0.05) is 32.0 Å². The van der Waals surface area contributed by atoms with Gasteiger partial charge in [-0.3, -0.25) is 14.6 Å². The molecule has 0 spiro atoms. The zero-order valence-electron chi connectivity index (χ0n) is 17.3. The maximum Gasteiger partial charge on any atom is 0.230 e. The molecule has 0 radical (unpaired) electrons. The minimum Gasteiger partial charge on any atom is -0.492 e. The van der Waals surface area contributed by atoms with Gasteiger partial charge >= 0.3 is 0 Å². The highest BCUT2D eigenvalue weighted by Crippen LogP contribution is 2.38. The summed E-state index contributed by atoms with van der Waals surface area (Å²) in [5, 5.41) is 3.03. The van der Waals surface area contributed by atoms with Crippen LogP contribution in [0.2, 0.25) is 0 Å². The molecule has 0 unspecified atom stereocenters. The molecule has 29 heavy (non-hydrogen) atoms. The van der Waals surface area contributed by atoms with Crippen molar-refractivity contribution in [2.45, 2.75) is 39.7 Å². The van der Waals surface area contributed by atoms with Crippen LogP contribution in [-0.4, -0.2) is 34.8 Å². The summed E-state index contributed by atoms with van der Waals surface area (Å²) < 4.78 is 5.64. The van der Waals surface area contributed by atoms with Crippen molar-refractivity contribution < 1.29 is 14.3 Å². The number of likely N-dealkylation sites (tertiary alicyclic amines) is 1. The lowest BCUT2D eigenvalue weighted by Gasteiger charge is -2.41. The van der Waals surface area contributed by atoms with Gasteiger partial charge in [-0.2, -0.15) is 0 Å². The van der Waals surface area contributed by atoms with Crippen molar-refractivity contribution in [1.29, 1.82) is 0 Å². The van der Waals surface area contributed by atoms with Crippen LogP contribution in [0.15, 0.2) is 48.8 Å². The van der Waals surface area contributed by atoms with Crippen LogP contribution >= 0.6 is 0 Å². The van der Waals surface area contributed by atoms with Crippen LogP contribution in [0.25, 0.3) is 0 Å². The number of hydrogen-bond donors (Lipinski definition) is 1. The van der Waals surface area contributed by atoms with E-state index in [9.17, 15) is 9.59 Å². The van der Waals surface area contributed by atoms with Crippen LogP contribution < -0.4 is 10.1 Å². The fraction of sp³-hybridized carbons (Fsp3) is 0.435. The van der Waals surface area contributed by atoms with Crippen molar-refractivity contribution in [3.05, 3.63) is 54.4 Å². The van der Waals surface area contributed by atoms with Crippen molar-refractivity contribution in [3.8, 4) is 5.75 Å². The number of anilines is 1. The van der Waals surface area contributed by atoms with Gasteiger partial charge in [0.15, 0.2) is 0 Å². The summed E-state index contributed by atoms with van der Waals surface area (Å²) in [6.45, 7) is 7.20. The molecule has 2 atom stereocenters. The number of hydrogen-bond acceptors (Lipinski definition) is 4. The first-order valence-electron chi connectivity index (χ1n) is 10.2. The van der Waals surface area contributed by atoms with Crippen molar-refractivity contribution in [1.82, 2.24) is 9.88 Å². The molecular formula is C23H29N3O3. The van der Waals surface area contributed by atoms with Gasteiger partial charge in [0.2, 0.25) is 11.8 Å². The summed E-state index contributed by atoms with van der Waals surface area (Å²) in [6, 6.07) is 10.9. The number of pyridine rings is 1. The van der Waals surface area contributed by atoms with E-state index in [-0.39, 0.29) is 23.8 Å². The van der Waals surface area contributed by atoms with E-state index in [4.69, 9.17) is 4.74 Å². The Hall–Kier alpha value is -2.89. The quantitative estimate of drug-likeness (QED) is 0.768. The van der Waals surface area contributed by atoms with Gasteiger partial charge in [0.1, 0.15) is 5.75 Å². The molecule has 1 aromatic carbocycles. The van der Waals surface area contributed by atoms with E-state index in [0.29, 0.717) is 43.3 Å². The van der Waals surface area contributed by atoms with Crippen molar-refractivity contribution in [3.63, 3.8) is 0 Å². The molecule has 1 aliphatic rings. The average molecular weight is 396 g/mol. The Labute approximate surface area is 172 Å². The highest BCUT2D eigenvalue weighted by atomic mass is 16.5. The molecule has 2 heterocycles. The third-order valence-corrected chi connectivity index (χ3v) is 5.08. The van der Waals surface area contributed by atoms with Crippen molar-refractivity contribution in [2.75, 3.05) is 18.5 Å². The smallest absolute Gasteiger partial charge is 0.230 e. The van der Waals surface area contributed by atoms with Gasteiger partial charge in [-0.25, -0.2) is 0 Å². The lowest BCUT2D eigenvalue weighted by molar-refractivity contribution is -0.142. The highest BCUT2D eigenvalue weighted by Gasteiger charge is 2.41. The molecule has 1 saturated heterocycles. The van der Waals surface area contributed by atoms with Crippen LogP contribution in [0.1, 0.15) is 45.2 Å². The summed E-state index contributed by atoms with van der Waals surface area (Å²) in [4.78, 5) is 32.1. The van der Waals surface area contributed by atoms with Gasteiger partial charge in [0.05, 0.1) is 24.3 Å². The van der Waals surface area contributed by atoms with Crippen LogP contribution in [0.3, 0.4) is 0 Å². The minimum absolute atomic E-state index is 0.0892. The molecule has 0 saturated carbocycles. The van der Waals surface area contributed by atoms with Gasteiger partial charge in [-0.05, 0) is 43.0 Å². The zero-order valence-corrected chi connectivity index (χ0v) is 17.3. The number of nitrogens with one attached hydrogen (secondary N) is 1. The normalized spacial score (nSPS) is 19.3. The summed E-state index contributed by atoms with van der Waals surface area (Å²) in [5.41, 5.74) is 1.54. The van der Waals surface area contributed by atoms with Crippen molar-refractivity contribution in [2.24, 2.45) is 11.8 Å². The molecule has 1 fully saturated rings. The lowest BCUT2D eigenvalue weighted by Crippen LogP contribution is -2.48. The number of amides is 2. The topological polar surface area (TPSA) is 71.5 Å². The molecule has 154 valence electrons. The summed E-state index contributed by atoms with van der Waals surface area (Å²) in [6.07, 6.45) is 4.34. The van der Waals surface area contributed by atoms with E-state index in [1.54, 1.807) is 12.4 Å². The van der Waals surface area contributed by atoms with Crippen molar-refractivity contribution >= 4 is 17.5 Å². The highest BCUT2D eigenvalue weighted by molar-refractivity contribution is 5.95. The van der Waals surface area contributed by atoms with Crippen LogP contribution in [-0.2, 0) is 9.59 Å². The molecule has 6 nitrogen and oxygen atoms in total. The summed E-state index contributed by atoms with van der Waals surface area (Å²) in [5.74, 6) is 0.578. The van der Waals surface area contributed by atoms with E-state index in [1.807, 2.05) is 48.2 Å². The molecular weight excluding hydrogens is 366 g/mol. The van der Waals surface area contributed by atoms with E-state index in [1.165, 1.54) is 0 Å². The first kappa shape index (κ1) is 20.8. The average Bonchev–Trinajstić information content (AvgIpc) is 2.71. The second-order valence-electron chi connectivity index (χ2n) is 7.73. The first-order chi connectivity index (χ1) is 14.0. The fourth-order valence-corrected chi connectivity index (χ4v) is 3.88. The Balaban J connectivity index is 1.91. The Morgan fingerprint density at radius 2 is 2.07 bits per heavy atom. The number of para-hydroxylation sites is 2. The number of nitrogens with zero attached hydrogens (tertiary/aromatic N) is 2. The third-order valence-electron chi connectivity index (χ3n) is 5.08. The predicted molar refractivity (Wildman–Crippen MR) is 112 cm³/mol. The number of carbonyl (C=O) groups excluding carboxylic acids is 2. The standard InChI is InChI=1S/C23H29N3O3/c1-4-29-20-10-6-5-9-19(20)25-23(28)18-11-12-21(27)26(15-16(2)3)22(18)17-8-7-13-24-14-17/h5-10,13-14,16,18,22H,4,11-12,15H2,1-3H3,(H,25,28)/t18-,22+/m1/s1. The van der Waals surface area contributed by atoms with E-state index in [2.05, 4.69) is 24.1 Å². The Kier molecular flexibility index (Phi) is 6.86. The molecule has 1 N–H and O–H groups in total. The van der Waals surface area contributed by atoms with Gasteiger partial charge in [0.25, 0.3) is 0 Å². The van der Waals surface area contributed by atoms with Gasteiger partial charge < -0.3 is 15.0 Å². The Morgan fingerprint density at radius 3 is 2.76 bits per heavy atom. The number of benzene rings is 1. The number of rotatable bonds is 7. The van der Waals surface area contributed by atoms with E-state index >= 15 is 0 Å². The largest absolute Gasteiger partial charge is 0.492 e. The molecule has 1 aliphatic heterocycles.